The summed E-state index contributed by atoms with van der Waals surface area (Å²) in [6.45, 7) is 1.32. The topological polar surface area (TPSA) is 79.5 Å². The molecule has 4 fully saturated rings. The first-order valence-corrected chi connectivity index (χ1v) is 9.14. The summed E-state index contributed by atoms with van der Waals surface area (Å²) in [6.07, 6.45) is 6.61. The zero-order chi connectivity index (χ0) is 16.3. The van der Waals surface area contributed by atoms with E-state index in [-0.39, 0.29) is 23.8 Å². The van der Waals surface area contributed by atoms with Gasteiger partial charge in [-0.05, 0) is 38.5 Å². The smallest absolute Gasteiger partial charge is 0.229 e. The van der Waals surface area contributed by atoms with E-state index >= 15 is 0 Å². The number of nitrogens with zero attached hydrogens (tertiary/aromatic N) is 4. The van der Waals surface area contributed by atoms with Crippen LogP contribution in [0.2, 0.25) is 0 Å². The second-order valence-electron chi connectivity index (χ2n) is 7.63. The molecule has 2 saturated carbocycles. The predicted octanol–water partition coefficient (Wildman–Crippen LogP) is 1.62. The van der Waals surface area contributed by atoms with E-state index in [0.717, 1.165) is 51.0 Å². The van der Waals surface area contributed by atoms with Crippen LogP contribution in [0.5, 0.6) is 0 Å². The molecule has 2 amide bonds. The molecule has 1 aromatic heterocycles. The van der Waals surface area contributed by atoms with Crippen molar-refractivity contribution in [3.05, 3.63) is 11.7 Å². The molecule has 2 aliphatic carbocycles. The summed E-state index contributed by atoms with van der Waals surface area (Å²) in [5.41, 5.74) is 0. The maximum atomic E-state index is 13.0. The molecule has 1 aromatic rings. The van der Waals surface area contributed by atoms with E-state index in [1.54, 1.807) is 0 Å². The number of carbonyl (C=O) groups is 2. The molecular formula is C17H22N4O3. The van der Waals surface area contributed by atoms with E-state index in [1.807, 2.05) is 9.80 Å². The van der Waals surface area contributed by atoms with E-state index in [2.05, 4.69) is 10.1 Å². The third-order valence-electron chi connectivity index (χ3n) is 5.71. The fourth-order valence-electron chi connectivity index (χ4n) is 4.05. The lowest BCUT2D eigenvalue weighted by Gasteiger charge is -2.25. The quantitative estimate of drug-likeness (QED) is 0.838. The highest BCUT2D eigenvalue weighted by atomic mass is 16.5. The average molecular weight is 330 g/mol. The zero-order valence-corrected chi connectivity index (χ0v) is 13.7. The molecule has 0 spiro atoms. The molecule has 7 heteroatoms. The normalized spacial score (nSPS) is 30.4. The van der Waals surface area contributed by atoms with Crippen molar-refractivity contribution in [1.29, 1.82) is 0 Å². The van der Waals surface area contributed by atoms with Crippen LogP contribution < -0.4 is 0 Å². The molecule has 0 unspecified atom stereocenters. The molecule has 4 aliphatic rings. The number of carbonyl (C=O) groups excluding carboxylic acids is 2. The highest BCUT2D eigenvalue weighted by Gasteiger charge is 2.45. The Bertz CT molecular complexity index is 679. The van der Waals surface area contributed by atoms with Gasteiger partial charge >= 0.3 is 0 Å². The molecule has 7 nitrogen and oxygen atoms in total. The van der Waals surface area contributed by atoms with Gasteiger partial charge < -0.3 is 14.3 Å². The van der Waals surface area contributed by atoms with Crippen molar-refractivity contribution in [2.45, 2.75) is 62.9 Å². The van der Waals surface area contributed by atoms with Crippen molar-refractivity contribution < 1.29 is 14.1 Å². The van der Waals surface area contributed by atoms with Gasteiger partial charge in [-0.25, -0.2) is 0 Å². The third kappa shape index (κ3) is 2.41. The van der Waals surface area contributed by atoms with Crippen molar-refractivity contribution in [3.8, 4) is 0 Å². The lowest BCUT2D eigenvalue weighted by Crippen LogP contribution is -2.37. The standard InChI is InChI=1S/C17H22N4O3/c22-14-8-11(9-21(14)12-5-6-12)17(23)20-7-1-2-13(20)15-18-16(24-19-15)10-3-4-10/h10-13H,1-9H2/t11-,13-/m0/s1. The van der Waals surface area contributed by atoms with E-state index < -0.39 is 0 Å². The van der Waals surface area contributed by atoms with Gasteiger partial charge in [0.05, 0.1) is 12.0 Å². The maximum absolute atomic E-state index is 13.0. The summed E-state index contributed by atoms with van der Waals surface area (Å²) in [6, 6.07) is 0.307. The van der Waals surface area contributed by atoms with Gasteiger partial charge in [0, 0.05) is 31.5 Å². The van der Waals surface area contributed by atoms with Crippen molar-refractivity contribution >= 4 is 11.8 Å². The van der Waals surface area contributed by atoms with Crippen molar-refractivity contribution in [1.82, 2.24) is 19.9 Å². The number of rotatable bonds is 4. The number of hydrogen-bond donors (Lipinski definition) is 0. The highest BCUT2D eigenvalue weighted by molar-refractivity contribution is 5.89. The summed E-state index contributed by atoms with van der Waals surface area (Å²) < 4.78 is 5.37. The van der Waals surface area contributed by atoms with E-state index in [0.29, 0.717) is 30.7 Å². The lowest BCUT2D eigenvalue weighted by molar-refractivity contribution is -0.136. The zero-order valence-electron chi connectivity index (χ0n) is 13.7. The Balaban J connectivity index is 1.31. The van der Waals surface area contributed by atoms with Gasteiger partial charge in [0.15, 0.2) is 5.82 Å². The minimum atomic E-state index is -0.200. The Morgan fingerprint density at radius 3 is 2.75 bits per heavy atom. The largest absolute Gasteiger partial charge is 0.339 e. The van der Waals surface area contributed by atoms with Crippen LogP contribution in [0.25, 0.3) is 0 Å². The Hall–Kier alpha value is -1.92. The predicted molar refractivity (Wildman–Crippen MR) is 82.8 cm³/mol. The monoisotopic (exact) mass is 330 g/mol. The van der Waals surface area contributed by atoms with Gasteiger partial charge in [-0.2, -0.15) is 4.98 Å². The fraction of sp³-hybridized carbons (Fsp3) is 0.765. The van der Waals surface area contributed by atoms with Crippen molar-refractivity contribution in [2.75, 3.05) is 13.1 Å². The molecule has 0 radical (unpaired) electrons. The van der Waals surface area contributed by atoms with Crippen molar-refractivity contribution in [3.63, 3.8) is 0 Å². The molecule has 2 saturated heterocycles. The van der Waals surface area contributed by atoms with Gasteiger partial charge in [0.25, 0.3) is 0 Å². The number of aromatic nitrogens is 2. The molecular weight excluding hydrogens is 308 g/mol. The van der Waals surface area contributed by atoms with Crippen LogP contribution in [0.4, 0.5) is 0 Å². The maximum Gasteiger partial charge on any atom is 0.229 e. The van der Waals surface area contributed by atoms with Gasteiger partial charge in [0.2, 0.25) is 17.7 Å². The number of likely N-dealkylation sites (tertiary alicyclic amines) is 2. The van der Waals surface area contributed by atoms with Gasteiger partial charge in [-0.3, -0.25) is 9.59 Å². The van der Waals surface area contributed by atoms with Crippen LogP contribution in [0.15, 0.2) is 4.52 Å². The molecule has 24 heavy (non-hydrogen) atoms. The first-order chi connectivity index (χ1) is 11.7. The molecule has 2 aliphatic heterocycles. The SMILES string of the molecule is O=C1C[C@H](C(=O)N2CCC[C@H]2c2noc(C3CC3)n2)CN1C1CC1. The van der Waals surface area contributed by atoms with Crippen molar-refractivity contribution in [2.24, 2.45) is 5.92 Å². The molecule has 0 aromatic carbocycles. The summed E-state index contributed by atoms with van der Waals surface area (Å²) >= 11 is 0. The Labute approximate surface area is 140 Å². The van der Waals surface area contributed by atoms with Crippen LogP contribution in [0.1, 0.15) is 68.6 Å². The van der Waals surface area contributed by atoms with Gasteiger partial charge in [-0.15, -0.1) is 0 Å². The minimum Gasteiger partial charge on any atom is -0.339 e. The fourth-order valence-corrected chi connectivity index (χ4v) is 4.05. The van der Waals surface area contributed by atoms with Crippen LogP contribution in [-0.4, -0.2) is 50.9 Å². The van der Waals surface area contributed by atoms with E-state index in [9.17, 15) is 9.59 Å². The molecule has 5 rings (SSSR count). The average Bonchev–Trinajstić information content (AvgIpc) is 3.47. The molecule has 0 N–H and O–H groups in total. The first-order valence-electron chi connectivity index (χ1n) is 9.14. The number of hydrogen-bond acceptors (Lipinski definition) is 5. The highest BCUT2D eigenvalue weighted by Crippen LogP contribution is 2.41. The third-order valence-corrected chi connectivity index (χ3v) is 5.71. The molecule has 3 heterocycles. The van der Waals surface area contributed by atoms with Crippen LogP contribution in [0.3, 0.4) is 0 Å². The molecule has 0 bridgehead atoms. The summed E-state index contributed by atoms with van der Waals surface area (Å²) in [7, 11) is 0. The Kier molecular flexibility index (Phi) is 3.18. The Morgan fingerprint density at radius 2 is 2.00 bits per heavy atom. The lowest BCUT2D eigenvalue weighted by atomic mass is 10.1. The van der Waals surface area contributed by atoms with Crippen LogP contribution >= 0.6 is 0 Å². The minimum absolute atomic E-state index is 0.0844. The van der Waals surface area contributed by atoms with Gasteiger partial charge in [-0.1, -0.05) is 5.16 Å². The second kappa shape index (κ2) is 5.29. The molecule has 128 valence electrons. The van der Waals surface area contributed by atoms with E-state index in [4.69, 9.17) is 4.52 Å². The summed E-state index contributed by atoms with van der Waals surface area (Å²) in [5, 5.41) is 4.13. The van der Waals surface area contributed by atoms with Crippen LogP contribution in [-0.2, 0) is 9.59 Å². The van der Waals surface area contributed by atoms with Crippen LogP contribution in [0, 0.1) is 5.92 Å². The second-order valence-corrected chi connectivity index (χ2v) is 7.63. The number of amides is 2. The van der Waals surface area contributed by atoms with E-state index in [1.165, 1.54) is 0 Å². The summed E-state index contributed by atoms with van der Waals surface area (Å²) in [5.74, 6) is 1.82. The Morgan fingerprint density at radius 1 is 1.17 bits per heavy atom. The molecule has 2 atom stereocenters. The first kappa shape index (κ1) is 14.4. The summed E-state index contributed by atoms with van der Waals surface area (Å²) in [4.78, 5) is 33.4. The van der Waals surface area contributed by atoms with Gasteiger partial charge in [0.1, 0.15) is 0 Å².